The van der Waals surface area contributed by atoms with Crippen LogP contribution in [0.15, 0.2) is 54.9 Å². The highest BCUT2D eigenvalue weighted by Gasteiger charge is 2.23. The first-order valence-corrected chi connectivity index (χ1v) is 8.56. The van der Waals surface area contributed by atoms with Crippen LogP contribution in [0.3, 0.4) is 0 Å². The first-order valence-electron chi connectivity index (χ1n) is 8.56. The molecule has 0 unspecified atom stereocenters. The lowest BCUT2D eigenvalue weighted by molar-refractivity contribution is 0.0984. The van der Waals surface area contributed by atoms with E-state index >= 15 is 0 Å². The third kappa shape index (κ3) is 3.48. The molecule has 1 aliphatic rings. The SMILES string of the molecule is O=C(c1cnc(Nc2ccc(F)c(F)c2)nc1)N1CCCc2ccccc21. The fourth-order valence-electron chi connectivity index (χ4n) is 3.11. The van der Waals surface area contributed by atoms with Gasteiger partial charge < -0.3 is 10.2 Å². The standard InChI is InChI=1S/C20H16F2N4O/c21-16-8-7-15(10-17(16)22)25-20-23-11-14(12-24-20)19(27)26-9-3-5-13-4-1-2-6-18(13)26/h1-2,4,6-8,10-12H,3,5,9H2,(H,23,24,25). The molecule has 1 aliphatic heterocycles. The van der Waals surface area contributed by atoms with Gasteiger partial charge >= 0.3 is 0 Å². The number of rotatable bonds is 3. The van der Waals surface area contributed by atoms with Crippen molar-refractivity contribution in [3.8, 4) is 0 Å². The molecule has 0 spiro atoms. The first kappa shape index (κ1) is 17.1. The summed E-state index contributed by atoms with van der Waals surface area (Å²) in [5, 5.41) is 2.78. The predicted octanol–water partition coefficient (Wildman–Crippen LogP) is 4.09. The minimum atomic E-state index is -0.962. The van der Waals surface area contributed by atoms with Crippen LogP contribution in [-0.2, 0) is 6.42 Å². The quantitative estimate of drug-likeness (QED) is 0.758. The van der Waals surface area contributed by atoms with Crippen LogP contribution in [0.4, 0.5) is 26.1 Å². The molecule has 1 amide bonds. The van der Waals surface area contributed by atoms with Gasteiger partial charge in [-0.25, -0.2) is 18.7 Å². The fraction of sp³-hybridized carbons (Fsp3) is 0.150. The molecule has 0 saturated heterocycles. The van der Waals surface area contributed by atoms with E-state index in [4.69, 9.17) is 0 Å². The molecule has 0 radical (unpaired) electrons. The van der Waals surface area contributed by atoms with Crippen molar-refractivity contribution in [2.45, 2.75) is 12.8 Å². The summed E-state index contributed by atoms with van der Waals surface area (Å²) in [5.41, 5.74) is 2.74. The maximum Gasteiger partial charge on any atom is 0.261 e. The molecule has 1 N–H and O–H groups in total. The van der Waals surface area contributed by atoms with Gasteiger partial charge in [0.15, 0.2) is 11.6 Å². The predicted molar refractivity (Wildman–Crippen MR) is 98.1 cm³/mol. The second-order valence-corrected chi connectivity index (χ2v) is 6.24. The number of hydrogen-bond donors (Lipinski definition) is 1. The van der Waals surface area contributed by atoms with E-state index in [1.807, 2.05) is 24.3 Å². The lowest BCUT2D eigenvalue weighted by atomic mass is 10.0. The van der Waals surface area contributed by atoms with E-state index in [0.29, 0.717) is 17.8 Å². The lowest BCUT2D eigenvalue weighted by Gasteiger charge is -2.29. The molecule has 1 aromatic heterocycles. The number of hydrogen-bond acceptors (Lipinski definition) is 4. The van der Waals surface area contributed by atoms with Crippen LogP contribution in [0.25, 0.3) is 0 Å². The number of carbonyl (C=O) groups excluding carboxylic acids is 1. The van der Waals surface area contributed by atoms with E-state index in [0.717, 1.165) is 36.2 Å². The number of para-hydroxylation sites is 1. The summed E-state index contributed by atoms with van der Waals surface area (Å²) in [5.74, 6) is -1.86. The van der Waals surface area contributed by atoms with E-state index in [1.165, 1.54) is 18.5 Å². The Morgan fingerprint density at radius 2 is 1.81 bits per heavy atom. The van der Waals surface area contributed by atoms with E-state index < -0.39 is 11.6 Å². The van der Waals surface area contributed by atoms with Gasteiger partial charge in [-0.2, -0.15) is 0 Å². The molecule has 5 nitrogen and oxygen atoms in total. The monoisotopic (exact) mass is 366 g/mol. The Bertz CT molecular complexity index is 992. The van der Waals surface area contributed by atoms with Gasteiger partial charge in [-0.05, 0) is 36.6 Å². The van der Waals surface area contributed by atoms with Crippen LogP contribution in [0.2, 0.25) is 0 Å². The van der Waals surface area contributed by atoms with Crippen molar-refractivity contribution in [3.63, 3.8) is 0 Å². The number of fused-ring (bicyclic) bond motifs is 1. The fourth-order valence-corrected chi connectivity index (χ4v) is 3.11. The van der Waals surface area contributed by atoms with Crippen LogP contribution in [0.1, 0.15) is 22.3 Å². The zero-order chi connectivity index (χ0) is 18.8. The van der Waals surface area contributed by atoms with Gasteiger partial charge in [0.2, 0.25) is 5.95 Å². The van der Waals surface area contributed by atoms with Crippen molar-refractivity contribution in [1.29, 1.82) is 0 Å². The largest absolute Gasteiger partial charge is 0.324 e. The minimum absolute atomic E-state index is 0.165. The first-order chi connectivity index (χ1) is 13.1. The number of benzene rings is 2. The Labute approximate surface area is 154 Å². The maximum absolute atomic E-state index is 13.3. The van der Waals surface area contributed by atoms with Crippen LogP contribution in [0.5, 0.6) is 0 Å². The molecule has 136 valence electrons. The number of anilines is 3. The number of nitrogens with one attached hydrogen (secondary N) is 1. The molecule has 7 heteroatoms. The average Bonchev–Trinajstić information content (AvgIpc) is 2.70. The summed E-state index contributed by atoms with van der Waals surface area (Å²) in [6.45, 7) is 0.644. The van der Waals surface area contributed by atoms with E-state index in [1.54, 1.807) is 4.90 Å². The highest BCUT2D eigenvalue weighted by atomic mass is 19.2. The summed E-state index contributed by atoms with van der Waals surface area (Å²) in [6.07, 6.45) is 4.70. The summed E-state index contributed by atoms with van der Waals surface area (Å²) in [6, 6.07) is 11.3. The minimum Gasteiger partial charge on any atom is -0.324 e. The number of carbonyl (C=O) groups is 1. The van der Waals surface area contributed by atoms with Crippen molar-refractivity contribution >= 4 is 23.2 Å². The van der Waals surface area contributed by atoms with Crippen molar-refractivity contribution in [1.82, 2.24) is 9.97 Å². The zero-order valence-electron chi connectivity index (χ0n) is 14.3. The highest BCUT2D eigenvalue weighted by Crippen LogP contribution is 2.28. The normalized spacial score (nSPS) is 13.2. The third-order valence-corrected chi connectivity index (χ3v) is 4.43. The second-order valence-electron chi connectivity index (χ2n) is 6.24. The highest BCUT2D eigenvalue weighted by molar-refractivity contribution is 6.06. The van der Waals surface area contributed by atoms with Gasteiger partial charge in [-0.15, -0.1) is 0 Å². The molecule has 2 heterocycles. The second kappa shape index (κ2) is 7.11. The Kier molecular flexibility index (Phi) is 4.50. The van der Waals surface area contributed by atoms with Crippen molar-refractivity contribution in [3.05, 3.63) is 77.6 Å². The topological polar surface area (TPSA) is 58.1 Å². The molecule has 2 aromatic carbocycles. The van der Waals surface area contributed by atoms with E-state index in [9.17, 15) is 13.6 Å². The van der Waals surface area contributed by atoms with Crippen LogP contribution < -0.4 is 10.2 Å². The number of nitrogens with zero attached hydrogens (tertiary/aromatic N) is 3. The third-order valence-electron chi connectivity index (χ3n) is 4.43. The lowest BCUT2D eigenvalue weighted by Crippen LogP contribution is -2.35. The van der Waals surface area contributed by atoms with Gasteiger partial charge in [0.05, 0.1) is 5.56 Å². The number of aryl methyl sites for hydroxylation is 1. The summed E-state index contributed by atoms with van der Waals surface area (Å²) >= 11 is 0. The molecule has 27 heavy (non-hydrogen) atoms. The Hall–Kier alpha value is -3.35. The van der Waals surface area contributed by atoms with Gasteiger partial charge in [0.1, 0.15) is 0 Å². The van der Waals surface area contributed by atoms with E-state index in [2.05, 4.69) is 15.3 Å². The van der Waals surface area contributed by atoms with Gasteiger partial charge in [-0.3, -0.25) is 4.79 Å². The Morgan fingerprint density at radius 3 is 2.59 bits per heavy atom. The van der Waals surface area contributed by atoms with E-state index in [-0.39, 0.29) is 11.9 Å². The van der Waals surface area contributed by atoms with Crippen molar-refractivity contribution in [2.24, 2.45) is 0 Å². The summed E-state index contributed by atoms with van der Waals surface area (Å²) < 4.78 is 26.3. The molecule has 0 atom stereocenters. The smallest absolute Gasteiger partial charge is 0.261 e. The molecule has 4 rings (SSSR count). The molecular formula is C20H16F2N4O. The van der Waals surface area contributed by atoms with Crippen LogP contribution in [-0.4, -0.2) is 22.4 Å². The maximum atomic E-state index is 13.3. The molecule has 3 aromatic rings. The Balaban J connectivity index is 1.52. The number of aromatic nitrogens is 2. The Morgan fingerprint density at radius 1 is 1.04 bits per heavy atom. The van der Waals surface area contributed by atoms with Crippen molar-refractivity contribution in [2.75, 3.05) is 16.8 Å². The number of amides is 1. The summed E-state index contributed by atoms with van der Waals surface area (Å²) in [4.78, 5) is 22.8. The average molecular weight is 366 g/mol. The zero-order valence-corrected chi connectivity index (χ0v) is 14.3. The molecule has 0 bridgehead atoms. The summed E-state index contributed by atoms with van der Waals surface area (Å²) in [7, 11) is 0. The van der Waals surface area contributed by atoms with Gasteiger partial charge in [-0.1, -0.05) is 18.2 Å². The molecule has 0 fully saturated rings. The molecular weight excluding hydrogens is 350 g/mol. The van der Waals surface area contributed by atoms with Gasteiger partial charge in [0.25, 0.3) is 5.91 Å². The van der Waals surface area contributed by atoms with Gasteiger partial charge in [0, 0.05) is 36.4 Å². The van der Waals surface area contributed by atoms with Crippen LogP contribution in [0, 0.1) is 11.6 Å². The number of halogens is 2. The molecule has 0 saturated carbocycles. The van der Waals surface area contributed by atoms with Crippen LogP contribution >= 0.6 is 0 Å². The molecule has 0 aliphatic carbocycles. The van der Waals surface area contributed by atoms with Crippen molar-refractivity contribution < 1.29 is 13.6 Å².